The quantitative estimate of drug-likeness (QED) is 0.669. The number of morpholine rings is 1. The smallest absolute Gasteiger partial charge is 0.186 e. The minimum atomic E-state index is -0.234. The van der Waals surface area contributed by atoms with Gasteiger partial charge in [0.2, 0.25) is 0 Å². The Kier molecular flexibility index (Phi) is 4.46. The molecule has 128 valence electrons. The van der Waals surface area contributed by atoms with Crippen LogP contribution in [-0.4, -0.2) is 37.6 Å². The van der Waals surface area contributed by atoms with Gasteiger partial charge in [-0.3, -0.25) is 4.79 Å². The van der Waals surface area contributed by atoms with Crippen molar-refractivity contribution in [2.24, 2.45) is 0 Å². The van der Waals surface area contributed by atoms with Crippen molar-refractivity contribution in [1.29, 1.82) is 0 Å². The Bertz CT molecular complexity index is 919. The number of halogens is 1. The zero-order chi connectivity index (χ0) is 17.2. The Morgan fingerprint density at radius 1 is 1.24 bits per heavy atom. The molecule has 0 saturated carbocycles. The van der Waals surface area contributed by atoms with Crippen LogP contribution in [0.2, 0.25) is 0 Å². The second kappa shape index (κ2) is 6.90. The number of carbonyl (C=O) groups is 1. The molecule has 3 aromatic rings. The number of thiazole rings is 1. The lowest BCUT2D eigenvalue weighted by molar-refractivity contribution is 0.112. The zero-order valence-electron chi connectivity index (χ0n) is 13.6. The molecule has 1 aliphatic heterocycles. The molecule has 1 fully saturated rings. The van der Waals surface area contributed by atoms with E-state index >= 15 is 0 Å². The molecule has 0 amide bonds. The standard InChI is InChI=1S/C19H17FN2O2S/c20-16-3-1-2-14-5-4-13(10-15(14)16)11-17-18(12-23)25-19(21-17)22-6-8-24-9-7-22/h1-5,10,12H,6-9,11H2. The van der Waals surface area contributed by atoms with Gasteiger partial charge in [-0.1, -0.05) is 35.6 Å². The fourth-order valence-electron chi connectivity index (χ4n) is 3.04. The summed E-state index contributed by atoms with van der Waals surface area (Å²) in [5, 5.41) is 2.32. The Hall–Kier alpha value is -2.31. The number of hydrogen-bond acceptors (Lipinski definition) is 5. The Labute approximate surface area is 148 Å². The summed E-state index contributed by atoms with van der Waals surface area (Å²) in [7, 11) is 0. The van der Waals surface area contributed by atoms with E-state index < -0.39 is 0 Å². The van der Waals surface area contributed by atoms with Crippen LogP contribution >= 0.6 is 11.3 Å². The van der Waals surface area contributed by atoms with Gasteiger partial charge in [-0.15, -0.1) is 0 Å². The van der Waals surface area contributed by atoms with Gasteiger partial charge in [0.15, 0.2) is 11.4 Å². The van der Waals surface area contributed by atoms with Crippen molar-refractivity contribution in [3.05, 3.63) is 58.3 Å². The molecule has 4 nitrogen and oxygen atoms in total. The van der Waals surface area contributed by atoms with E-state index in [2.05, 4.69) is 9.88 Å². The van der Waals surface area contributed by atoms with Crippen LogP contribution < -0.4 is 4.90 Å². The maximum atomic E-state index is 14.0. The second-order valence-corrected chi connectivity index (χ2v) is 7.01. The average Bonchev–Trinajstić information content (AvgIpc) is 3.06. The highest BCUT2D eigenvalue weighted by Crippen LogP contribution is 2.28. The molecule has 0 atom stereocenters. The number of benzene rings is 2. The van der Waals surface area contributed by atoms with Gasteiger partial charge < -0.3 is 9.64 Å². The topological polar surface area (TPSA) is 42.4 Å². The summed E-state index contributed by atoms with van der Waals surface area (Å²) in [5.41, 5.74) is 1.69. The van der Waals surface area contributed by atoms with Gasteiger partial charge in [0.05, 0.1) is 23.8 Å². The van der Waals surface area contributed by atoms with Crippen LogP contribution in [0.3, 0.4) is 0 Å². The third kappa shape index (κ3) is 3.27. The molecule has 0 N–H and O–H groups in total. The summed E-state index contributed by atoms with van der Waals surface area (Å²) in [4.78, 5) is 18.9. The molecule has 0 unspecified atom stereocenters. The molecule has 2 aromatic carbocycles. The molecule has 0 radical (unpaired) electrons. The van der Waals surface area contributed by atoms with Gasteiger partial charge >= 0.3 is 0 Å². The minimum absolute atomic E-state index is 0.234. The third-order valence-electron chi connectivity index (χ3n) is 4.37. The molecular weight excluding hydrogens is 339 g/mol. The number of hydrogen-bond donors (Lipinski definition) is 0. The molecule has 0 aliphatic carbocycles. The molecule has 2 heterocycles. The molecule has 6 heteroatoms. The van der Waals surface area contributed by atoms with Gasteiger partial charge in [-0.2, -0.15) is 0 Å². The van der Waals surface area contributed by atoms with Crippen molar-refractivity contribution in [1.82, 2.24) is 4.98 Å². The number of aromatic nitrogens is 1. The lowest BCUT2D eigenvalue weighted by atomic mass is 10.0. The summed E-state index contributed by atoms with van der Waals surface area (Å²) in [5.74, 6) is -0.234. The minimum Gasteiger partial charge on any atom is -0.378 e. The van der Waals surface area contributed by atoms with E-state index in [9.17, 15) is 9.18 Å². The number of aldehydes is 1. The van der Waals surface area contributed by atoms with Crippen LogP contribution in [0.15, 0.2) is 36.4 Å². The predicted octanol–water partition coefficient (Wildman–Crippen LogP) is 3.68. The van der Waals surface area contributed by atoms with Gasteiger partial charge in [-0.05, 0) is 23.1 Å². The first-order valence-electron chi connectivity index (χ1n) is 8.19. The van der Waals surface area contributed by atoms with Gasteiger partial charge in [0, 0.05) is 24.9 Å². The first-order valence-corrected chi connectivity index (χ1v) is 9.01. The van der Waals surface area contributed by atoms with E-state index in [4.69, 9.17) is 4.74 Å². The molecule has 25 heavy (non-hydrogen) atoms. The van der Waals surface area contributed by atoms with Crippen LogP contribution in [0.25, 0.3) is 10.8 Å². The Balaban J connectivity index is 1.64. The maximum Gasteiger partial charge on any atom is 0.186 e. The van der Waals surface area contributed by atoms with E-state index in [1.54, 1.807) is 6.07 Å². The van der Waals surface area contributed by atoms with E-state index in [1.807, 2.05) is 24.3 Å². The monoisotopic (exact) mass is 356 g/mol. The second-order valence-electron chi connectivity index (χ2n) is 6.00. The van der Waals surface area contributed by atoms with E-state index in [0.29, 0.717) is 29.9 Å². The predicted molar refractivity (Wildman–Crippen MR) is 97.2 cm³/mol. The fourth-order valence-corrected chi connectivity index (χ4v) is 3.99. The van der Waals surface area contributed by atoms with Crippen molar-refractivity contribution in [3.8, 4) is 0 Å². The normalized spacial score (nSPS) is 14.8. The fraction of sp³-hybridized carbons (Fsp3) is 0.263. The Morgan fingerprint density at radius 3 is 2.88 bits per heavy atom. The van der Waals surface area contributed by atoms with Crippen LogP contribution in [0, 0.1) is 5.82 Å². The van der Waals surface area contributed by atoms with Crippen molar-refractivity contribution in [2.75, 3.05) is 31.2 Å². The number of nitrogens with zero attached hydrogens (tertiary/aromatic N) is 2. The number of ether oxygens (including phenoxy) is 1. The lowest BCUT2D eigenvalue weighted by Crippen LogP contribution is -2.36. The molecular formula is C19H17FN2O2S. The Morgan fingerprint density at radius 2 is 2.08 bits per heavy atom. The summed E-state index contributed by atoms with van der Waals surface area (Å²) < 4.78 is 19.4. The van der Waals surface area contributed by atoms with Crippen LogP contribution in [0.5, 0.6) is 0 Å². The van der Waals surface area contributed by atoms with Crippen molar-refractivity contribution in [3.63, 3.8) is 0 Å². The van der Waals surface area contributed by atoms with Crippen molar-refractivity contribution >= 4 is 33.5 Å². The average molecular weight is 356 g/mol. The molecule has 1 saturated heterocycles. The van der Waals surface area contributed by atoms with Crippen molar-refractivity contribution < 1.29 is 13.9 Å². The molecule has 1 aliphatic rings. The van der Waals surface area contributed by atoms with Crippen LogP contribution in [0.1, 0.15) is 20.9 Å². The maximum absolute atomic E-state index is 14.0. The summed E-state index contributed by atoms with van der Waals surface area (Å²) >= 11 is 1.41. The SMILES string of the molecule is O=Cc1sc(N2CCOCC2)nc1Cc1ccc2cccc(F)c2c1. The van der Waals surface area contributed by atoms with Crippen molar-refractivity contribution in [2.45, 2.75) is 6.42 Å². The molecule has 0 spiro atoms. The number of anilines is 1. The lowest BCUT2D eigenvalue weighted by Gasteiger charge is -2.26. The summed E-state index contributed by atoms with van der Waals surface area (Å²) in [6, 6.07) is 10.8. The highest BCUT2D eigenvalue weighted by atomic mass is 32.1. The highest BCUT2D eigenvalue weighted by molar-refractivity contribution is 7.17. The van der Waals surface area contributed by atoms with Gasteiger partial charge in [-0.25, -0.2) is 9.37 Å². The molecule has 4 rings (SSSR count). The molecule has 0 bridgehead atoms. The van der Waals surface area contributed by atoms with E-state index in [0.717, 1.165) is 41.2 Å². The van der Waals surface area contributed by atoms with Crippen LogP contribution in [0.4, 0.5) is 9.52 Å². The van der Waals surface area contributed by atoms with E-state index in [1.165, 1.54) is 17.4 Å². The van der Waals surface area contributed by atoms with Gasteiger partial charge in [0.25, 0.3) is 0 Å². The summed E-state index contributed by atoms with van der Waals surface area (Å²) in [6.45, 7) is 2.92. The number of rotatable bonds is 4. The van der Waals surface area contributed by atoms with E-state index in [-0.39, 0.29) is 5.82 Å². The highest BCUT2D eigenvalue weighted by Gasteiger charge is 2.18. The summed E-state index contributed by atoms with van der Waals surface area (Å²) in [6.07, 6.45) is 1.37. The first kappa shape index (κ1) is 16.2. The first-order chi connectivity index (χ1) is 12.2. The van der Waals surface area contributed by atoms with Gasteiger partial charge in [0.1, 0.15) is 5.82 Å². The molecule has 1 aromatic heterocycles. The van der Waals surface area contributed by atoms with Crippen LogP contribution in [-0.2, 0) is 11.2 Å². The third-order valence-corrected chi connectivity index (χ3v) is 5.45. The largest absolute Gasteiger partial charge is 0.378 e. The zero-order valence-corrected chi connectivity index (χ0v) is 14.4. The number of carbonyl (C=O) groups excluding carboxylic acids is 1. The number of fused-ring (bicyclic) bond motifs is 1.